The molecule has 0 aromatic heterocycles. The van der Waals surface area contributed by atoms with Gasteiger partial charge in [-0.3, -0.25) is 0 Å². The van der Waals surface area contributed by atoms with Crippen molar-refractivity contribution in [1.82, 2.24) is 10.2 Å². The highest BCUT2D eigenvalue weighted by atomic mass is 15.1. The lowest BCUT2D eigenvalue weighted by molar-refractivity contribution is 0.236. The molecule has 0 aromatic rings. The molecule has 3 rings (SSSR count). The summed E-state index contributed by atoms with van der Waals surface area (Å²) in [7, 11) is 0. The first-order valence-electron chi connectivity index (χ1n) is 8.74. The first-order chi connectivity index (χ1) is 9.26. The van der Waals surface area contributed by atoms with Gasteiger partial charge in [-0.15, -0.1) is 0 Å². The molecule has 2 bridgehead atoms. The molecule has 1 heterocycles. The Kier molecular flexibility index (Phi) is 4.48. The summed E-state index contributed by atoms with van der Waals surface area (Å²) in [5.41, 5.74) is 0. The summed E-state index contributed by atoms with van der Waals surface area (Å²) in [6, 6.07) is 1.54. The van der Waals surface area contributed by atoms with Gasteiger partial charge in [0.2, 0.25) is 0 Å². The van der Waals surface area contributed by atoms with Crippen LogP contribution in [0.15, 0.2) is 0 Å². The fraction of sp³-hybridized carbons (Fsp3) is 1.00. The second-order valence-electron chi connectivity index (χ2n) is 7.36. The monoisotopic (exact) mass is 264 g/mol. The van der Waals surface area contributed by atoms with Crippen LogP contribution in [0.5, 0.6) is 0 Å². The van der Waals surface area contributed by atoms with Crippen molar-refractivity contribution in [3.8, 4) is 0 Å². The summed E-state index contributed by atoms with van der Waals surface area (Å²) in [5, 5.41) is 4.00. The van der Waals surface area contributed by atoms with Crippen molar-refractivity contribution in [2.75, 3.05) is 19.6 Å². The summed E-state index contributed by atoms with van der Waals surface area (Å²) >= 11 is 0. The van der Waals surface area contributed by atoms with Crippen molar-refractivity contribution in [2.24, 2.45) is 17.8 Å². The average molecular weight is 264 g/mol. The molecule has 2 saturated carbocycles. The smallest absolute Gasteiger partial charge is 0.00823 e. The van der Waals surface area contributed by atoms with Gasteiger partial charge in [0.05, 0.1) is 0 Å². The number of rotatable bonds is 4. The number of nitrogens with zero attached hydrogens (tertiary/aromatic N) is 1. The average Bonchev–Trinajstić information content (AvgIpc) is 2.97. The van der Waals surface area contributed by atoms with Gasteiger partial charge in [0, 0.05) is 12.1 Å². The molecule has 0 amide bonds. The number of hydrogen-bond acceptors (Lipinski definition) is 2. The molecule has 1 aliphatic heterocycles. The lowest BCUT2D eigenvalue weighted by atomic mass is 9.83. The molecule has 3 fully saturated rings. The highest BCUT2D eigenvalue weighted by molar-refractivity contribution is 4.95. The summed E-state index contributed by atoms with van der Waals surface area (Å²) in [5.74, 6) is 3.14. The van der Waals surface area contributed by atoms with Gasteiger partial charge in [0.15, 0.2) is 0 Å². The minimum atomic E-state index is 0.758. The molecule has 2 aliphatic carbocycles. The van der Waals surface area contributed by atoms with Gasteiger partial charge >= 0.3 is 0 Å². The highest BCUT2D eigenvalue weighted by Gasteiger charge is 2.42. The van der Waals surface area contributed by atoms with E-state index in [-0.39, 0.29) is 0 Å². The van der Waals surface area contributed by atoms with Crippen LogP contribution in [0.2, 0.25) is 0 Å². The van der Waals surface area contributed by atoms with Gasteiger partial charge in [0.1, 0.15) is 0 Å². The fourth-order valence-corrected chi connectivity index (χ4v) is 5.04. The summed E-state index contributed by atoms with van der Waals surface area (Å²) in [4.78, 5) is 2.61. The van der Waals surface area contributed by atoms with Crippen molar-refractivity contribution in [2.45, 2.75) is 70.9 Å². The molecule has 19 heavy (non-hydrogen) atoms. The third kappa shape index (κ3) is 3.16. The Balaban J connectivity index is 1.48. The zero-order chi connectivity index (χ0) is 13.2. The molecule has 110 valence electrons. The SMILES string of the molecule is CCN1CCCC(NC(C)C2CC3CCC2C3)CC1. The minimum Gasteiger partial charge on any atom is -0.311 e. The lowest BCUT2D eigenvalue weighted by Crippen LogP contribution is -2.43. The fourth-order valence-electron chi connectivity index (χ4n) is 5.04. The van der Waals surface area contributed by atoms with Crippen LogP contribution in [0.4, 0.5) is 0 Å². The van der Waals surface area contributed by atoms with E-state index in [2.05, 4.69) is 24.1 Å². The lowest BCUT2D eigenvalue weighted by Gasteiger charge is -2.32. The predicted molar refractivity (Wildman–Crippen MR) is 81.3 cm³/mol. The van der Waals surface area contributed by atoms with Crippen molar-refractivity contribution < 1.29 is 0 Å². The summed E-state index contributed by atoms with van der Waals surface area (Å²) in [6.07, 6.45) is 10.3. The van der Waals surface area contributed by atoms with E-state index in [9.17, 15) is 0 Å². The molecule has 3 aliphatic rings. The largest absolute Gasteiger partial charge is 0.311 e. The van der Waals surface area contributed by atoms with Crippen LogP contribution in [-0.2, 0) is 0 Å². The standard InChI is InChI=1S/C17H32N2/c1-3-19-9-4-5-16(8-10-19)18-13(2)17-12-14-6-7-15(17)11-14/h13-18H,3-12H2,1-2H3. The quantitative estimate of drug-likeness (QED) is 0.838. The van der Waals surface area contributed by atoms with Crippen molar-refractivity contribution in [3.05, 3.63) is 0 Å². The van der Waals surface area contributed by atoms with E-state index in [1.165, 1.54) is 58.2 Å². The normalized spacial score (nSPS) is 41.4. The van der Waals surface area contributed by atoms with E-state index in [1.54, 1.807) is 6.42 Å². The van der Waals surface area contributed by atoms with Gasteiger partial charge < -0.3 is 10.2 Å². The second kappa shape index (κ2) is 6.13. The molecule has 1 N–H and O–H groups in total. The van der Waals surface area contributed by atoms with Crippen molar-refractivity contribution >= 4 is 0 Å². The van der Waals surface area contributed by atoms with Gasteiger partial charge in [-0.05, 0) is 82.8 Å². The Morgan fingerprint density at radius 3 is 2.68 bits per heavy atom. The Morgan fingerprint density at radius 1 is 1.11 bits per heavy atom. The molecule has 0 aromatic carbocycles. The zero-order valence-corrected chi connectivity index (χ0v) is 12.9. The third-order valence-corrected chi connectivity index (χ3v) is 6.20. The Hall–Kier alpha value is -0.0800. The number of fused-ring (bicyclic) bond motifs is 2. The first kappa shape index (κ1) is 13.9. The van der Waals surface area contributed by atoms with E-state index in [1.807, 2.05) is 0 Å². The van der Waals surface area contributed by atoms with E-state index >= 15 is 0 Å². The van der Waals surface area contributed by atoms with Crippen LogP contribution in [0.3, 0.4) is 0 Å². The molecule has 2 heteroatoms. The Labute approximate surface area is 119 Å². The Bertz CT molecular complexity index is 291. The van der Waals surface area contributed by atoms with Crippen molar-refractivity contribution in [3.63, 3.8) is 0 Å². The van der Waals surface area contributed by atoms with Gasteiger partial charge in [-0.25, -0.2) is 0 Å². The topological polar surface area (TPSA) is 15.3 Å². The molecule has 5 atom stereocenters. The van der Waals surface area contributed by atoms with Crippen LogP contribution < -0.4 is 5.32 Å². The molecule has 2 nitrogen and oxygen atoms in total. The van der Waals surface area contributed by atoms with E-state index in [4.69, 9.17) is 0 Å². The second-order valence-corrected chi connectivity index (χ2v) is 7.36. The zero-order valence-electron chi connectivity index (χ0n) is 12.9. The first-order valence-corrected chi connectivity index (χ1v) is 8.74. The van der Waals surface area contributed by atoms with Gasteiger partial charge in [-0.1, -0.05) is 13.3 Å². The summed E-state index contributed by atoms with van der Waals surface area (Å²) < 4.78 is 0. The molecule has 0 spiro atoms. The van der Waals surface area contributed by atoms with E-state index < -0.39 is 0 Å². The molecule has 5 unspecified atom stereocenters. The third-order valence-electron chi connectivity index (χ3n) is 6.20. The van der Waals surface area contributed by atoms with Crippen LogP contribution >= 0.6 is 0 Å². The van der Waals surface area contributed by atoms with Crippen LogP contribution in [-0.4, -0.2) is 36.6 Å². The van der Waals surface area contributed by atoms with E-state index in [0.29, 0.717) is 0 Å². The van der Waals surface area contributed by atoms with E-state index in [0.717, 1.165) is 29.8 Å². The molecular formula is C17H32N2. The number of hydrogen-bond donors (Lipinski definition) is 1. The molecular weight excluding hydrogens is 232 g/mol. The number of likely N-dealkylation sites (tertiary alicyclic amines) is 1. The van der Waals surface area contributed by atoms with Crippen LogP contribution in [0.1, 0.15) is 58.8 Å². The van der Waals surface area contributed by atoms with Gasteiger partial charge in [0.25, 0.3) is 0 Å². The minimum absolute atomic E-state index is 0.758. The maximum Gasteiger partial charge on any atom is 0.00823 e. The number of nitrogens with one attached hydrogen (secondary N) is 1. The Morgan fingerprint density at radius 2 is 2.00 bits per heavy atom. The van der Waals surface area contributed by atoms with Crippen molar-refractivity contribution in [1.29, 1.82) is 0 Å². The van der Waals surface area contributed by atoms with Gasteiger partial charge in [-0.2, -0.15) is 0 Å². The highest BCUT2D eigenvalue weighted by Crippen LogP contribution is 2.49. The molecule has 1 saturated heterocycles. The van der Waals surface area contributed by atoms with Crippen LogP contribution in [0.25, 0.3) is 0 Å². The predicted octanol–water partition coefficient (Wildman–Crippen LogP) is 3.28. The maximum atomic E-state index is 4.00. The molecule has 0 radical (unpaired) electrons. The maximum absolute atomic E-state index is 4.00. The summed E-state index contributed by atoms with van der Waals surface area (Å²) in [6.45, 7) is 8.61. The van der Waals surface area contributed by atoms with Crippen LogP contribution in [0, 0.1) is 17.8 Å².